The molecular formula is C23H18ClN3O. The molecule has 0 heterocycles. The molecule has 0 unspecified atom stereocenters. The molecule has 0 amide bonds. The van der Waals surface area contributed by atoms with Crippen molar-refractivity contribution in [2.75, 3.05) is 13.6 Å². The number of nitrogens with zero attached hydrogens (tertiary/aromatic N) is 3. The Morgan fingerprint density at radius 1 is 1.00 bits per heavy atom. The molecule has 5 heteroatoms. The molecule has 0 saturated heterocycles. The van der Waals surface area contributed by atoms with E-state index in [1.54, 1.807) is 48.5 Å². The maximum absolute atomic E-state index is 12.4. The molecule has 0 N–H and O–H groups in total. The van der Waals surface area contributed by atoms with Crippen molar-refractivity contribution in [3.8, 4) is 12.1 Å². The summed E-state index contributed by atoms with van der Waals surface area (Å²) in [5.41, 5.74) is 2.37. The first kappa shape index (κ1) is 20.7. The van der Waals surface area contributed by atoms with Gasteiger partial charge in [-0.05, 0) is 53.8 Å². The van der Waals surface area contributed by atoms with Crippen LogP contribution in [-0.2, 0) is 0 Å². The summed E-state index contributed by atoms with van der Waals surface area (Å²) in [6.07, 6.45) is 6.82. The molecule has 138 valence electrons. The highest BCUT2D eigenvalue weighted by Crippen LogP contribution is 2.17. The maximum Gasteiger partial charge on any atom is 0.182 e. The monoisotopic (exact) mass is 387 g/mol. The Bertz CT molecular complexity index is 975. The number of Topliss-reactive ketones (excluding diaryl/α,β-unsaturated/α-hetero) is 1. The Kier molecular flexibility index (Phi) is 7.78. The van der Waals surface area contributed by atoms with E-state index in [9.17, 15) is 4.79 Å². The van der Waals surface area contributed by atoms with Crippen molar-refractivity contribution in [3.05, 3.63) is 101 Å². The molecule has 2 aromatic rings. The number of allylic oxidation sites excluding steroid dienone is 5. The SMILES string of the molecule is CN(/C=C\C(=C\C=C(C#N)C#N)c1ccccc1)CC(=O)c1ccc(Cl)cc1. The topological polar surface area (TPSA) is 67.9 Å². The van der Waals surface area contributed by atoms with Crippen molar-refractivity contribution in [1.29, 1.82) is 10.5 Å². The van der Waals surface area contributed by atoms with Gasteiger partial charge in [-0.25, -0.2) is 0 Å². The fraction of sp³-hybridized carbons (Fsp3) is 0.0870. The van der Waals surface area contributed by atoms with Crippen LogP contribution in [0, 0.1) is 22.7 Å². The highest BCUT2D eigenvalue weighted by molar-refractivity contribution is 6.30. The predicted octanol–water partition coefficient (Wildman–Crippen LogP) is 5.03. The zero-order chi connectivity index (χ0) is 20.4. The number of ketones is 1. The number of benzene rings is 2. The molecule has 4 nitrogen and oxygen atoms in total. The van der Waals surface area contributed by atoms with Gasteiger partial charge in [0, 0.05) is 17.6 Å². The summed E-state index contributed by atoms with van der Waals surface area (Å²) in [5.74, 6) is -0.0230. The first-order chi connectivity index (χ1) is 13.5. The average Bonchev–Trinajstić information content (AvgIpc) is 2.72. The molecule has 0 spiro atoms. The number of likely N-dealkylation sites (N-methyl/N-ethyl adjacent to an activating group) is 1. The van der Waals surface area contributed by atoms with Crippen molar-refractivity contribution in [2.24, 2.45) is 0 Å². The quantitative estimate of drug-likeness (QED) is 0.380. The lowest BCUT2D eigenvalue weighted by Gasteiger charge is -2.13. The second-order valence-corrected chi connectivity index (χ2v) is 6.39. The normalized spacial score (nSPS) is 10.8. The highest BCUT2D eigenvalue weighted by Gasteiger charge is 2.07. The van der Waals surface area contributed by atoms with Gasteiger partial charge in [-0.3, -0.25) is 4.79 Å². The third kappa shape index (κ3) is 6.29. The Balaban J connectivity index is 2.17. The van der Waals surface area contributed by atoms with Gasteiger partial charge in [0.25, 0.3) is 0 Å². The van der Waals surface area contributed by atoms with Crippen LogP contribution in [-0.4, -0.2) is 24.3 Å². The minimum Gasteiger partial charge on any atom is -0.373 e. The lowest BCUT2D eigenvalue weighted by molar-refractivity contribution is 0.0964. The zero-order valence-electron chi connectivity index (χ0n) is 15.3. The standard InChI is InChI=1S/C23H18ClN3O/c1-27(17-23(28)21-9-11-22(24)12-10-21)14-13-20(8-7-18(15-25)16-26)19-5-3-2-4-6-19/h2-14H,17H2,1H3/b14-13-,20-8-. The first-order valence-electron chi connectivity index (χ1n) is 8.48. The van der Waals surface area contributed by atoms with Crippen LogP contribution >= 0.6 is 11.6 Å². The number of carbonyl (C=O) groups is 1. The summed E-state index contributed by atoms with van der Waals surface area (Å²) in [4.78, 5) is 14.1. The van der Waals surface area contributed by atoms with Crippen LogP contribution in [0.15, 0.2) is 84.6 Å². The molecule has 0 aliphatic rings. The molecule has 0 aliphatic heterocycles. The van der Waals surface area contributed by atoms with Gasteiger partial charge < -0.3 is 4.90 Å². The summed E-state index contributed by atoms with van der Waals surface area (Å²) >= 11 is 5.85. The summed E-state index contributed by atoms with van der Waals surface area (Å²) in [5, 5.41) is 18.4. The van der Waals surface area contributed by atoms with E-state index >= 15 is 0 Å². The fourth-order valence-electron chi connectivity index (χ4n) is 2.37. The van der Waals surface area contributed by atoms with Gasteiger partial charge in [-0.2, -0.15) is 10.5 Å². The zero-order valence-corrected chi connectivity index (χ0v) is 16.1. The number of hydrogen-bond donors (Lipinski definition) is 0. The van der Waals surface area contributed by atoms with E-state index in [0.717, 1.165) is 11.1 Å². The van der Waals surface area contributed by atoms with Crippen LogP contribution in [0.25, 0.3) is 5.57 Å². The van der Waals surface area contributed by atoms with E-state index in [1.807, 2.05) is 48.5 Å². The molecule has 0 saturated carbocycles. The minimum atomic E-state index is -0.0230. The van der Waals surface area contributed by atoms with E-state index in [-0.39, 0.29) is 17.9 Å². The third-order valence-electron chi connectivity index (χ3n) is 3.85. The molecule has 28 heavy (non-hydrogen) atoms. The number of rotatable bonds is 7. The largest absolute Gasteiger partial charge is 0.373 e. The number of carbonyl (C=O) groups excluding carboxylic acids is 1. The minimum absolute atomic E-state index is 0.0214. The molecule has 0 atom stereocenters. The Morgan fingerprint density at radius 3 is 2.25 bits per heavy atom. The summed E-state index contributed by atoms with van der Waals surface area (Å²) in [7, 11) is 1.80. The summed E-state index contributed by atoms with van der Waals surface area (Å²) < 4.78 is 0. The molecule has 2 rings (SSSR count). The van der Waals surface area contributed by atoms with E-state index in [0.29, 0.717) is 10.6 Å². The van der Waals surface area contributed by atoms with E-state index in [2.05, 4.69) is 0 Å². The maximum atomic E-state index is 12.4. The lowest BCUT2D eigenvalue weighted by Crippen LogP contribution is -2.20. The second kappa shape index (κ2) is 10.5. The van der Waals surface area contributed by atoms with Gasteiger partial charge in [-0.1, -0.05) is 48.0 Å². The van der Waals surface area contributed by atoms with Gasteiger partial charge >= 0.3 is 0 Å². The van der Waals surface area contributed by atoms with Crippen LogP contribution in [0.5, 0.6) is 0 Å². The molecule has 0 aliphatic carbocycles. The predicted molar refractivity (Wildman–Crippen MR) is 111 cm³/mol. The van der Waals surface area contributed by atoms with Gasteiger partial charge in [0.1, 0.15) is 17.7 Å². The molecule has 0 aromatic heterocycles. The summed E-state index contributed by atoms with van der Waals surface area (Å²) in [6, 6.07) is 20.0. The van der Waals surface area contributed by atoms with Gasteiger partial charge in [0.05, 0.1) is 6.54 Å². The molecular weight excluding hydrogens is 370 g/mol. The number of hydrogen-bond acceptors (Lipinski definition) is 4. The smallest absolute Gasteiger partial charge is 0.182 e. The van der Waals surface area contributed by atoms with E-state index < -0.39 is 0 Å². The molecule has 0 bridgehead atoms. The lowest BCUT2D eigenvalue weighted by atomic mass is 10.0. The third-order valence-corrected chi connectivity index (χ3v) is 4.10. The van der Waals surface area contributed by atoms with Crippen molar-refractivity contribution >= 4 is 23.0 Å². The highest BCUT2D eigenvalue weighted by atomic mass is 35.5. The van der Waals surface area contributed by atoms with Crippen molar-refractivity contribution in [2.45, 2.75) is 0 Å². The van der Waals surface area contributed by atoms with Gasteiger partial charge in [0.2, 0.25) is 0 Å². The van der Waals surface area contributed by atoms with Crippen LogP contribution < -0.4 is 0 Å². The van der Waals surface area contributed by atoms with Crippen LogP contribution in [0.3, 0.4) is 0 Å². The van der Waals surface area contributed by atoms with Crippen LogP contribution in [0.1, 0.15) is 15.9 Å². The van der Waals surface area contributed by atoms with Crippen molar-refractivity contribution in [1.82, 2.24) is 4.90 Å². The molecule has 2 aromatic carbocycles. The molecule has 0 radical (unpaired) electrons. The van der Waals surface area contributed by atoms with Crippen LogP contribution in [0.2, 0.25) is 5.02 Å². The van der Waals surface area contributed by atoms with Gasteiger partial charge in [0.15, 0.2) is 5.78 Å². The second-order valence-electron chi connectivity index (χ2n) is 5.95. The van der Waals surface area contributed by atoms with E-state index in [4.69, 9.17) is 22.1 Å². The van der Waals surface area contributed by atoms with Crippen LogP contribution in [0.4, 0.5) is 0 Å². The average molecular weight is 388 g/mol. The first-order valence-corrected chi connectivity index (χ1v) is 8.86. The Morgan fingerprint density at radius 2 is 1.64 bits per heavy atom. The Hall–Kier alpha value is -3.60. The number of halogens is 1. The fourth-order valence-corrected chi connectivity index (χ4v) is 2.49. The van der Waals surface area contributed by atoms with Crippen molar-refractivity contribution in [3.63, 3.8) is 0 Å². The van der Waals surface area contributed by atoms with Gasteiger partial charge in [-0.15, -0.1) is 0 Å². The number of nitriles is 2. The van der Waals surface area contributed by atoms with Crippen molar-refractivity contribution < 1.29 is 4.79 Å². The Labute approximate surface area is 169 Å². The molecule has 0 fully saturated rings. The van der Waals surface area contributed by atoms with E-state index in [1.165, 1.54) is 6.08 Å². The summed E-state index contributed by atoms with van der Waals surface area (Å²) in [6.45, 7) is 0.206.